The Labute approximate surface area is 186 Å². The van der Waals surface area contributed by atoms with E-state index in [0.29, 0.717) is 41.4 Å². The van der Waals surface area contributed by atoms with Gasteiger partial charge in [-0.05, 0) is 63.4 Å². The van der Waals surface area contributed by atoms with Gasteiger partial charge >= 0.3 is 17.9 Å². The Kier molecular flexibility index (Phi) is 9.33. The molecule has 2 fully saturated rings. The molecule has 3 rings (SSSR count). The summed E-state index contributed by atoms with van der Waals surface area (Å²) in [5.74, 6) is -2.13. The van der Waals surface area contributed by atoms with Gasteiger partial charge in [0.2, 0.25) is 0 Å². The molecule has 2 aliphatic heterocycles. The summed E-state index contributed by atoms with van der Waals surface area (Å²) in [5, 5.41) is 16.3. The number of piperidine rings is 1. The van der Waals surface area contributed by atoms with E-state index in [9.17, 15) is 14.4 Å². The number of rotatable bonds is 7. The van der Waals surface area contributed by atoms with Gasteiger partial charge in [0.05, 0.1) is 0 Å². The quantitative estimate of drug-likeness (QED) is 0.477. The summed E-state index contributed by atoms with van der Waals surface area (Å²) in [4.78, 5) is 34.0. The second-order valence-electron chi connectivity index (χ2n) is 7.56. The zero-order valence-corrected chi connectivity index (χ0v) is 18.3. The summed E-state index contributed by atoms with van der Waals surface area (Å²) in [6.45, 7) is 1.93. The van der Waals surface area contributed by atoms with E-state index >= 15 is 0 Å². The maximum atomic E-state index is 12.4. The largest absolute Gasteiger partial charge is 0.479 e. The first kappa shape index (κ1) is 24.7. The molecule has 8 nitrogen and oxygen atoms in total. The van der Waals surface area contributed by atoms with Crippen molar-refractivity contribution >= 4 is 29.5 Å². The Morgan fingerprint density at radius 2 is 1.61 bits per heavy atom. The van der Waals surface area contributed by atoms with E-state index in [1.165, 1.54) is 12.8 Å². The minimum absolute atomic E-state index is 0.0269. The number of carboxylic acid groups (broad SMARTS) is 2. The number of hydrogen-bond donors (Lipinski definition) is 2. The molecule has 1 aromatic rings. The lowest BCUT2D eigenvalue weighted by molar-refractivity contribution is -0.161. The molecule has 2 N–H and O–H groups in total. The molecular weight excluding hydrogens is 426 g/mol. The third-order valence-electron chi connectivity index (χ3n) is 5.43. The number of carboxylic acids is 2. The smallest absolute Gasteiger partial charge is 0.347 e. The fourth-order valence-corrected chi connectivity index (χ4v) is 3.94. The summed E-state index contributed by atoms with van der Waals surface area (Å²) < 4.78 is 11.5. The Bertz CT molecular complexity index is 766. The van der Waals surface area contributed by atoms with Gasteiger partial charge in [-0.25, -0.2) is 14.4 Å². The molecule has 0 amide bonds. The number of nitrogens with zero attached hydrogens (tertiary/aromatic N) is 1. The standard InChI is InChI=1S/C18H24ClNO3.C4H4O4/c1-3-17(22-15-8-4-12(19)5-9-15)18(21)23-16-10-13-6-7-14(11-16)20(13)2;5-3(6)1-2-4(7)8/h4-5,8-9,13-14,16-17H,3,6-7,10-11H2,1-2H3;1-2H,(H,5,6)(H,7,8)/t13-,14+,16?,17?;. The maximum absolute atomic E-state index is 12.4. The molecule has 4 atom stereocenters. The first-order valence-electron chi connectivity index (χ1n) is 10.2. The number of carbonyl (C=O) groups is 3. The number of aliphatic carboxylic acids is 2. The van der Waals surface area contributed by atoms with Gasteiger partial charge in [0.15, 0.2) is 6.10 Å². The van der Waals surface area contributed by atoms with Gasteiger partial charge in [-0.3, -0.25) is 0 Å². The van der Waals surface area contributed by atoms with Crippen LogP contribution < -0.4 is 4.74 Å². The molecule has 2 bridgehead atoms. The highest BCUT2D eigenvalue weighted by molar-refractivity contribution is 6.30. The van der Waals surface area contributed by atoms with Crippen LogP contribution in [-0.2, 0) is 19.1 Å². The number of benzene rings is 1. The van der Waals surface area contributed by atoms with Crippen LogP contribution >= 0.6 is 11.6 Å². The second-order valence-corrected chi connectivity index (χ2v) is 8.00. The summed E-state index contributed by atoms with van der Waals surface area (Å²) in [6.07, 6.45) is 5.48. The van der Waals surface area contributed by atoms with E-state index in [1.54, 1.807) is 24.3 Å². The number of esters is 1. The molecular formula is C22H28ClNO7. The second kappa shape index (κ2) is 11.7. The van der Waals surface area contributed by atoms with Gasteiger partial charge in [-0.15, -0.1) is 0 Å². The molecule has 9 heteroatoms. The van der Waals surface area contributed by atoms with E-state index in [0.717, 1.165) is 12.8 Å². The van der Waals surface area contributed by atoms with Crippen molar-refractivity contribution in [3.8, 4) is 5.75 Å². The predicted molar refractivity (Wildman–Crippen MR) is 114 cm³/mol. The number of carbonyl (C=O) groups excluding carboxylic acids is 1. The molecule has 2 unspecified atom stereocenters. The minimum atomic E-state index is -1.26. The molecule has 0 saturated carbocycles. The van der Waals surface area contributed by atoms with Gasteiger partial charge in [0, 0.05) is 29.3 Å². The average molecular weight is 454 g/mol. The average Bonchev–Trinajstić information content (AvgIpc) is 2.92. The number of halogens is 1. The lowest BCUT2D eigenvalue weighted by Gasteiger charge is -2.36. The van der Waals surface area contributed by atoms with Gasteiger partial charge < -0.3 is 24.6 Å². The fraction of sp³-hybridized carbons (Fsp3) is 0.500. The Morgan fingerprint density at radius 3 is 2.06 bits per heavy atom. The summed E-state index contributed by atoms with van der Waals surface area (Å²) >= 11 is 5.87. The van der Waals surface area contributed by atoms with Crippen LogP contribution in [0.4, 0.5) is 0 Å². The summed E-state index contributed by atoms with van der Waals surface area (Å²) in [6, 6.07) is 8.17. The van der Waals surface area contributed by atoms with E-state index in [2.05, 4.69) is 11.9 Å². The van der Waals surface area contributed by atoms with Crippen LogP contribution in [0.2, 0.25) is 5.02 Å². The highest BCUT2D eigenvalue weighted by atomic mass is 35.5. The third kappa shape index (κ3) is 7.88. The topological polar surface area (TPSA) is 113 Å². The molecule has 1 aromatic carbocycles. The molecule has 0 spiro atoms. The first-order valence-corrected chi connectivity index (χ1v) is 10.6. The van der Waals surface area contributed by atoms with Crippen LogP contribution in [0.1, 0.15) is 39.0 Å². The van der Waals surface area contributed by atoms with Crippen LogP contribution in [0.15, 0.2) is 36.4 Å². The molecule has 2 saturated heterocycles. The fourth-order valence-electron chi connectivity index (χ4n) is 3.82. The Morgan fingerprint density at radius 1 is 1.10 bits per heavy atom. The third-order valence-corrected chi connectivity index (χ3v) is 5.68. The SMILES string of the molecule is CCC(Oc1ccc(Cl)cc1)C(=O)OC1C[C@H]2CC[C@@H](C1)N2C.O=C(O)C=CC(=O)O. The molecule has 0 aromatic heterocycles. The highest BCUT2D eigenvalue weighted by Gasteiger charge is 2.40. The Hall–Kier alpha value is -2.58. The van der Waals surface area contributed by atoms with E-state index in [-0.39, 0.29) is 12.1 Å². The van der Waals surface area contributed by atoms with Gasteiger partial charge in [-0.2, -0.15) is 0 Å². The lowest BCUT2D eigenvalue weighted by atomic mass is 10.0. The molecule has 0 radical (unpaired) electrons. The molecule has 31 heavy (non-hydrogen) atoms. The maximum Gasteiger partial charge on any atom is 0.347 e. The zero-order valence-electron chi connectivity index (χ0n) is 17.6. The van der Waals surface area contributed by atoms with Crippen LogP contribution in [0.5, 0.6) is 5.75 Å². The predicted octanol–water partition coefficient (Wildman–Crippen LogP) is 3.38. The van der Waals surface area contributed by atoms with Gasteiger partial charge in [-0.1, -0.05) is 18.5 Å². The van der Waals surface area contributed by atoms with Crippen molar-refractivity contribution < 1.29 is 34.1 Å². The van der Waals surface area contributed by atoms with E-state index in [1.807, 2.05) is 6.92 Å². The summed E-state index contributed by atoms with van der Waals surface area (Å²) in [5.41, 5.74) is 0. The normalized spacial score (nSPS) is 23.5. The first-order chi connectivity index (χ1) is 14.7. The van der Waals surface area contributed by atoms with Crippen molar-refractivity contribution in [1.82, 2.24) is 4.90 Å². The molecule has 170 valence electrons. The van der Waals surface area contributed by atoms with Crippen molar-refractivity contribution in [2.24, 2.45) is 0 Å². The van der Waals surface area contributed by atoms with Crippen LogP contribution in [0, 0.1) is 0 Å². The number of ether oxygens (including phenoxy) is 2. The molecule has 2 aliphatic rings. The van der Waals surface area contributed by atoms with Crippen LogP contribution in [0.25, 0.3) is 0 Å². The van der Waals surface area contributed by atoms with Crippen molar-refractivity contribution in [2.75, 3.05) is 7.05 Å². The Balaban J connectivity index is 0.000000366. The van der Waals surface area contributed by atoms with Gasteiger partial charge in [0.25, 0.3) is 0 Å². The number of fused-ring (bicyclic) bond motifs is 2. The van der Waals surface area contributed by atoms with Crippen molar-refractivity contribution in [3.05, 3.63) is 41.4 Å². The monoisotopic (exact) mass is 453 g/mol. The van der Waals surface area contributed by atoms with Crippen molar-refractivity contribution in [2.45, 2.75) is 63.3 Å². The van der Waals surface area contributed by atoms with Crippen LogP contribution in [-0.4, -0.2) is 64.4 Å². The van der Waals surface area contributed by atoms with E-state index in [4.69, 9.17) is 31.3 Å². The zero-order chi connectivity index (χ0) is 23.0. The van der Waals surface area contributed by atoms with Gasteiger partial charge in [0.1, 0.15) is 11.9 Å². The minimum Gasteiger partial charge on any atom is -0.479 e. The lowest BCUT2D eigenvalue weighted by Crippen LogP contribution is -2.44. The van der Waals surface area contributed by atoms with Crippen molar-refractivity contribution in [3.63, 3.8) is 0 Å². The summed E-state index contributed by atoms with van der Waals surface area (Å²) in [7, 11) is 2.18. The van der Waals surface area contributed by atoms with Crippen LogP contribution in [0.3, 0.4) is 0 Å². The number of hydrogen-bond acceptors (Lipinski definition) is 6. The van der Waals surface area contributed by atoms with E-state index < -0.39 is 18.0 Å². The molecule has 0 aliphatic carbocycles. The van der Waals surface area contributed by atoms with Crippen molar-refractivity contribution in [1.29, 1.82) is 0 Å². The highest BCUT2D eigenvalue weighted by Crippen LogP contribution is 2.35. The molecule has 2 heterocycles.